The van der Waals surface area contributed by atoms with Crippen molar-refractivity contribution in [1.29, 1.82) is 0 Å². The lowest BCUT2D eigenvalue weighted by atomic mass is 9.82. The van der Waals surface area contributed by atoms with Gasteiger partial charge in [-0.2, -0.15) is 0 Å². The fourth-order valence-corrected chi connectivity index (χ4v) is 9.34. The van der Waals surface area contributed by atoms with Crippen molar-refractivity contribution < 1.29 is 8.83 Å². The first-order chi connectivity index (χ1) is 29.0. The molecule has 0 bridgehead atoms. The lowest BCUT2D eigenvalue weighted by Crippen LogP contribution is -2.14. The van der Waals surface area contributed by atoms with Crippen LogP contribution in [0.1, 0.15) is 25.0 Å². The Bertz CT molecular complexity index is 3480. The van der Waals surface area contributed by atoms with Gasteiger partial charge in [0.15, 0.2) is 5.82 Å². The monoisotopic (exact) mass is 756 g/mol. The number of hydrogen-bond donors (Lipinski definition) is 0. The summed E-state index contributed by atoms with van der Waals surface area (Å²) in [4.78, 5) is 10.9. The summed E-state index contributed by atoms with van der Waals surface area (Å²) in [5.41, 5.74) is 17.7. The lowest BCUT2D eigenvalue weighted by Gasteiger charge is -2.21. The molecule has 3 heterocycles. The van der Waals surface area contributed by atoms with Crippen molar-refractivity contribution in [2.75, 3.05) is 0 Å². The molecule has 278 valence electrons. The van der Waals surface area contributed by atoms with Crippen LogP contribution in [0.25, 0.3) is 111 Å². The van der Waals surface area contributed by atoms with Crippen LogP contribution >= 0.6 is 0 Å². The molecule has 0 aliphatic heterocycles. The molecule has 0 atom stereocenters. The van der Waals surface area contributed by atoms with Gasteiger partial charge in [-0.1, -0.05) is 129 Å². The van der Waals surface area contributed by atoms with E-state index in [-0.39, 0.29) is 5.41 Å². The van der Waals surface area contributed by atoms with Crippen LogP contribution in [0, 0.1) is 0 Å². The Morgan fingerprint density at radius 2 is 0.898 bits per heavy atom. The summed E-state index contributed by atoms with van der Waals surface area (Å²) in [7, 11) is 0. The van der Waals surface area contributed by atoms with Gasteiger partial charge >= 0.3 is 0 Å². The molecule has 8 aromatic carbocycles. The highest BCUT2D eigenvalue weighted by molar-refractivity contribution is 6.07. The molecule has 0 amide bonds. The maximum atomic E-state index is 6.24. The smallest absolute Gasteiger partial charge is 0.160 e. The molecule has 59 heavy (non-hydrogen) atoms. The zero-order valence-electron chi connectivity index (χ0n) is 32.5. The fourth-order valence-electron chi connectivity index (χ4n) is 9.34. The Balaban J connectivity index is 1.11. The third kappa shape index (κ3) is 5.30. The van der Waals surface area contributed by atoms with E-state index in [1.54, 1.807) is 0 Å². The van der Waals surface area contributed by atoms with Crippen LogP contribution in [-0.4, -0.2) is 9.97 Å². The van der Waals surface area contributed by atoms with E-state index in [0.717, 1.165) is 94.2 Å². The van der Waals surface area contributed by atoms with Gasteiger partial charge in [-0.25, -0.2) is 9.97 Å². The summed E-state index contributed by atoms with van der Waals surface area (Å²) in [5, 5.41) is 4.32. The first kappa shape index (κ1) is 33.6. The van der Waals surface area contributed by atoms with E-state index in [1.165, 1.54) is 22.3 Å². The third-order valence-electron chi connectivity index (χ3n) is 12.3. The summed E-state index contributed by atoms with van der Waals surface area (Å²) >= 11 is 0. The minimum atomic E-state index is -0.145. The highest BCUT2D eigenvalue weighted by Crippen LogP contribution is 2.52. The standard InChI is InChI=1S/C55H36N2O2/c1-55(2)45-19-9-6-17-41(45)53-42(18-12-20-46(53)55)48-32-47(56-54(57-48)35-24-26-52-44(31-35)40-16-8-11-22-50(40)59-52)38-28-36(33-13-4-3-5-14-33)27-37(29-38)34-23-25-51-43(30-34)39-15-7-10-21-49(39)58-51/h3-32H,1-2H3. The van der Waals surface area contributed by atoms with Gasteiger partial charge in [-0.3, -0.25) is 0 Å². The van der Waals surface area contributed by atoms with Gasteiger partial charge in [0.1, 0.15) is 22.3 Å². The number of rotatable bonds is 5. The molecule has 0 saturated heterocycles. The van der Waals surface area contributed by atoms with Gasteiger partial charge < -0.3 is 8.83 Å². The number of fused-ring (bicyclic) bond motifs is 9. The van der Waals surface area contributed by atoms with Crippen LogP contribution in [0.2, 0.25) is 0 Å². The fraction of sp³-hybridized carbons (Fsp3) is 0.0545. The first-order valence-electron chi connectivity index (χ1n) is 20.1. The number of hydrogen-bond acceptors (Lipinski definition) is 4. The molecule has 3 aromatic heterocycles. The molecular weight excluding hydrogens is 721 g/mol. The highest BCUT2D eigenvalue weighted by Gasteiger charge is 2.37. The summed E-state index contributed by atoms with van der Waals surface area (Å²) < 4.78 is 12.5. The van der Waals surface area contributed by atoms with Gasteiger partial charge in [0.05, 0.1) is 11.4 Å². The molecule has 12 rings (SSSR count). The predicted octanol–water partition coefficient (Wildman–Crippen LogP) is 14.9. The Hall–Kier alpha value is -7.56. The van der Waals surface area contributed by atoms with Gasteiger partial charge in [-0.05, 0) is 111 Å². The Morgan fingerprint density at radius 1 is 0.356 bits per heavy atom. The molecule has 11 aromatic rings. The van der Waals surface area contributed by atoms with E-state index < -0.39 is 0 Å². The van der Waals surface area contributed by atoms with Crippen LogP contribution in [0.5, 0.6) is 0 Å². The number of nitrogens with zero attached hydrogens (tertiary/aromatic N) is 2. The maximum absolute atomic E-state index is 6.24. The third-order valence-corrected chi connectivity index (χ3v) is 12.3. The van der Waals surface area contributed by atoms with Crippen LogP contribution in [-0.2, 0) is 5.41 Å². The average Bonchev–Trinajstić information content (AvgIpc) is 3.93. The van der Waals surface area contributed by atoms with Crippen molar-refractivity contribution in [2.45, 2.75) is 19.3 Å². The molecular formula is C55H36N2O2. The topological polar surface area (TPSA) is 52.1 Å². The largest absolute Gasteiger partial charge is 0.456 e. The lowest BCUT2D eigenvalue weighted by molar-refractivity contribution is 0.660. The Labute approximate surface area is 341 Å². The molecule has 0 N–H and O–H groups in total. The van der Waals surface area contributed by atoms with E-state index in [1.807, 2.05) is 30.3 Å². The zero-order valence-corrected chi connectivity index (χ0v) is 32.5. The van der Waals surface area contributed by atoms with Gasteiger partial charge in [0.2, 0.25) is 0 Å². The second kappa shape index (κ2) is 12.7. The van der Waals surface area contributed by atoms with Crippen LogP contribution in [0.3, 0.4) is 0 Å². The quantitative estimate of drug-likeness (QED) is 0.175. The van der Waals surface area contributed by atoms with Crippen molar-refractivity contribution in [1.82, 2.24) is 9.97 Å². The van der Waals surface area contributed by atoms with Crippen LogP contribution in [0.4, 0.5) is 0 Å². The van der Waals surface area contributed by atoms with E-state index in [4.69, 9.17) is 18.8 Å². The minimum Gasteiger partial charge on any atom is -0.456 e. The highest BCUT2D eigenvalue weighted by atomic mass is 16.3. The molecule has 0 radical (unpaired) electrons. The second-order valence-electron chi connectivity index (χ2n) is 16.1. The molecule has 4 heteroatoms. The second-order valence-corrected chi connectivity index (χ2v) is 16.1. The average molecular weight is 757 g/mol. The molecule has 0 spiro atoms. The molecule has 1 aliphatic rings. The van der Waals surface area contributed by atoms with E-state index >= 15 is 0 Å². The molecule has 0 saturated carbocycles. The summed E-state index contributed by atoms with van der Waals surface area (Å²) in [6.07, 6.45) is 0. The van der Waals surface area contributed by atoms with Gasteiger partial charge in [-0.15, -0.1) is 0 Å². The predicted molar refractivity (Wildman–Crippen MR) is 241 cm³/mol. The van der Waals surface area contributed by atoms with Crippen molar-refractivity contribution >= 4 is 43.9 Å². The van der Waals surface area contributed by atoms with Crippen molar-refractivity contribution in [2.24, 2.45) is 0 Å². The molecule has 0 unspecified atom stereocenters. The van der Waals surface area contributed by atoms with E-state index in [0.29, 0.717) is 5.82 Å². The molecule has 0 fully saturated rings. The summed E-state index contributed by atoms with van der Waals surface area (Å²) in [6.45, 7) is 4.64. The summed E-state index contributed by atoms with van der Waals surface area (Å²) in [6, 6.07) is 64.3. The van der Waals surface area contributed by atoms with Crippen LogP contribution < -0.4 is 0 Å². The van der Waals surface area contributed by atoms with Gasteiger partial charge in [0.25, 0.3) is 0 Å². The maximum Gasteiger partial charge on any atom is 0.160 e. The SMILES string of the molecule is CC1(C)c2ccccc2-c2c(-c3cc(-c4cc(-c5ccccc5)cc(-c5ccc6oc7ccccc7c6c5)c4)nc(-c4ccc5oc6ccccc6c5c4)n3)cccc21. The van der Waals surface area contributed by atoms with E-state index in [9.17, 15) is 0 Å². The zero-order chi connectivity index (χ0) is 39.2. The normalized spacial score (nSPS) is 13.1. The first-order valence-corrected chi connectivity index (χ1v) is 20.1. The van der Waals surface area contributed by atoms with Crippen LogP contribution in [0.15, 0.2) is 191 Å². The van der Waals surface area contributed by atoms with Crippen molar-refractivity contribution in [3.05, 3.63) is 193 Å². The summed E-state index contributed by atoms with van der Waals surface area (Å²) in [5.74, 6) is 0.658. The van der Waals surface area contributed by atoms with Gasteiger partial charge in [0, 0.05) is 43.7 Å². The molecule has 4 nitrogen and oxygen atoms in total. The number of benzene rings is 8. The van der Waals surface area contributed by atoms with Crippen molar-refractivity contribution in [3.63, 3.8) is 0 Å². The molecule has 1 aliphatic carbocycles. The van der Waals surface area contributed by atoms with E-state index in [2.05, 4.69) is 166 Å². The number of aromatic nitrogens is 2. The van der Waals surface area contributed by atoms with Crippen molar-refractivity contribution in [3.8, 4) is 67.3 Å². The number of para-hydroxylation sites is 2. The Morgan fingerprint density at radius 3 is 1.64 bits per heavy atom. The Kier molecular flexibility index (Phi) is 7.24. The number of furan rings is 2. The minimum absolute atomic E-state index is 0.145.